The molecule has 2 aromatic rings. The monoisotopic (exact) mass is 364 g/mol. The number of piperidine rings is 1. The molecule has 2 aromatic carbocycles. The van der Waals surface area contributed by atoms with E-state index in [9.17, 15) is 9.59 Å². The second-order valence-electron chi connectivity index (χ2n) is 7.21. The zero-order chi connectivity index (χ0) is 19.2. The molecule has 3 rings (SSSR count). The van der Waals surface area contributed by atoms with Crippen LogP contribution in [0.25, 0.3) is 11.1 Å². The van der Waals surface area contributed by atoms with Gasteiger partial charge in [0, 0.05) is 32.6 Å². The van der Waals surface area contributed by atoms with Crippen LogP contribution >= 0.6 is 0 Å². The lowest BCUT2D eigenvalue weighted by molar-refractivity contribution is -0.135. The molecule has 0 unspecified atom stereocenters. The molecule has 0 aromatic heterocycles. The van der Waals surface area contributed by atoms with Gasteiger partial charge in [0.15, 0.2) is 0 Å². The molecule has 27 heavy (non-hydrogen) atoms. The molecule has 0 bridgehead atoms. The molecule has 0 aliphatic carbocycles. The Morgan fingerprint density at radius 1 is 0.963 bits per heavy atom. The van der Waals surface area contributed by atoms with Gasteiger partial charge in [0.2, 0.25) is 11.8 Å². The van der Waals surface area contributed by atoms with Gasteiger partial charge in [-0.2, -0.15) is 0 Å². The lowest BCUT2D eigenvalue weighted by Gasteiger charge is -2.36. The smallest absolute Gasteiger partial charge is 0.226 e. The number of benzene rings is 2. The van der Waals surface area contributed by atoms with Gasteiger partial charge in [0.05, 0.1) is 6.42 Å². The van der Waals surface area contributed by atoms with Crippen molar-refractivity contribution in [3.05, 3.63) is 60.2 Å². The van der Waals surface area contributed by atoms with Crippen LogP contribution in [0.3, 0.4) is 0 Å². The Morgan fingerprint density at radius 3 is 2.15 bits per heavy atom. The molecule has 4 heteroatoms. The Morgan fingerprint density at radius 2 is 1.56 bits per heavy atom. The second kappa shape index (κ2) is 8.85. The molecule has 1 fully saturated rings. The minimum atomic E-state index is 0.141. The third-order valence-corrected chi connectivity index (χ3v) is 5.48. The fourth-order valence-corrected chi connectivity index (χ4v) is 3.67. The van der Waals surface area contributed by atoms with Gasteiger partial charge < -0.3 is 9.80 Å². The van der Waals surface area contributed by atoms with Gasteiger partial charge in [-0.1, -0.05) is 61.5 Å². The lowest BCUT2D eigenvalue weighted by atomic mass is 10.0. The molecule has 1 saturated heterocycles. The van der Waals surface area contributed by atoms with Gasteiger partial charge in [0.1, 0.15) is 0 Å². The van der Waals surface area contributed by atoms with E-state index < -0.39 is 0 Å². The molecule has 0 N–H and O–H groups in total. The highest BCUT2D eigenvalue weighted by Crippen LogP contribution is 2.21. The maximum Gasteiger partial charge on any atom is 0.226 e. The number of likely N-dealkylation sites (tertiary alicyclic amines) is 1. The van der Waals surface area contributed by atoms with Crippen molar-refractivity contribution in [3.63, 3.8) is 0 Å². The van der Waals surface area contributed by atoms with E-state index in [1.165, 1.54) is 5.56 Å². The van der Waals surface area contributed by atoms with E-state index in [-0.39, 0.29) is 17.9 Å². The maximum absolute atomic E-state index is 12.7. The predicted molar refractivity (Wildman–Crippen MR) is 108 cm³/mol. The van der Waals surface area contributed by atoms with Crippen LogP contribution < -0.4 is 0 Å². The SMILES string of the molecule is CCC(=O)N1CCC(N(C)C(=O)Cc2ccc(-c3ccccc3)cc2)CC1. The summed E-state index contributed by atoms with van der Waals surface area (Å²) >= 11 is 0. The topological polar surface area (TPSA) is 40.6 Å². The van der Waals surface area contributed by atoms with Crippen LogP contribution in [0.1, 0.15) is 31.7 Å². The van der Waals surface area contributed by atoms with Crippen LogP contribution in [0.2, 0.25) is 0 Å². The van der Waals surface area contributed by atoms with Crippen LogP contribution in [0.4, 0.5) is 0 Å². The van der Waals surface area contributed by atoms with Crippen molar-refractivity contribution in [2.24, 2.45) is 0 Å². The molecule has 0 radical (unpaired) electrons. The molecule has 1 heterocycles. The Hall–Kier alpha value is -2.62. The van der Waals surface area contributed by atoms with Crippen LogP contribution in [-0.2, 0) is 16.0 Å². The highest BCUT2D eigenvalue weighted by molar-refractivity contribution is 5.79. The molecular formula is C23H28N2O2. The summed E-state index contributed by atoms with van der Waals surface area (Å²) in [6, 6.07) is 18.7. The van der Waals surface area contributed by atoms with Crippen LogP contribution in [0.15, 0.2) is 54.6 Å². The van der Waals surface area contributed by atoms with Crippen molar-refractivity contribution in [1.29, 1.82) is 0 Å². The largest absolute Gasteiger partial charge is 0.343 e. The molecule has 2 amide bonds. The van der Waals surface area contributed by atoms with E-state index in [0.29, 0.717) is 12.8 Å². The summed E-state index contributed by atoms with van der Waals surface area (Å²) in [5, 5.41) is 0. The fraction of sp³-hybridized carbons (Fsp3) is 0.391. The first-order valence-corrected chi connectivity index (χ1v) is 9.76. The third-order valence-electron chi connectivity index (χ3n) is 5.48. The summed E-state index contributed by atoms with van der Waals surface area (Å²) in [7, 11) is 1.89. The Bertz CT molecular complexity index is 763. The van der Waals surface area contributed by atoms with Crippen LogP contribution in [0, 0.1) is 0 Å². The van der Waals surface area contributed by atoms with Crippen molar-refractivity contribution in [3.8, 4) is 11.1 Å². The maximum atomic E-state index is 12.7. The molecule has 1 aliphatic heterocycles. The molecule has 0 atom stereocenters. The number of carbonyl (C=O) groups is 2. The van der Waals surface area contributed by atoms with Gasteiger partial charge in [-0.15, -0.1) is 0 Å². The highest BCUT2D eigenvalue weighted by Gasteiger charge is 2.26. The molecule has 4 nitrogen and oxygen atoms in total. The number of hydrogen-bond acceptors (Lipinski definition) is 2. The molecule has 142 valence electrons. The van der Waals surface area contributed by atoms with Gasteiger partial charge >= 0.3 is 0 Å². The zero-order valence-corrected chi connectivity index (χ0v) is 16.2. The summed E-state index contributed by atoms with van der Waals surface area (Å²) in [6.45, 7) is 3.40. The number of nitrogens with zero attached hydrogens (tertiary/aromatic N) is 2. The van der Waals surface area contributed by atoms with Gasteiger partial charge in [-0.05, 0) is 29.5 Å². The standard InChI is InChI=1S/C23H28N2O2/c1-3-22(26)25-15-13-21(14-16-25)24(2)23(27)17-18-9-11-20(12-10-18)19-7-5-4-6-8-19/h4-12,21H,3,13-17H2,1-2H3. The average molecular weight is 364 g/mol. The quantitative estimate of drug-likeness (QED) is 0.811. The summed E-state index contributed by atoms with van der Waals surface area (Å²) in [5.74, 6) is 0.351. The van der Waals surface area contributed by atoms with Gasteiger partial charge in [-0.25, -0.2) is 0 Å². The van der Waals surface area contributed by atoms with E-state index in [1.54, 1.807) is 0 Å². The molecule has 0 saturated carbocycles. The Kier molecular flexibility index (Phi) is 6.28. The first-order chi connectivity index (χ1) is 13.1. The lowest BCUT2D eigenvalue weighted by Crippen LogP contribution is -2.47. The normalized spacial score (nSPS) is 14.8. The highest BCUT2D eigenvalue weighted by atomic mass is 16.2. The van der Waals surface area contributed by atoms with Crippen molar-refractivity contribution >= 4 is 11.8 Å². The summed E-state index contributed by atoms with van der Waals surface area (Å²) in [5.41, 5.74) is 3.37. The number of hydrogen-bond donors (Lipinski definition) is 0. The zero-order valence-electron chi connectivity index (χ0n) is 16.2. The number of amides is 2. The predicted octanol–water partition coefficient (Wildman–Crippen LogP) is 3.76. The van der Waals surface area contributed by atoms with E-state index in [0.717, 1.165) is 37.1 Å². The first kappa shape index (κ1) is 19.2. The summed E-state index contributed by atoms with van der Waals surface area (Å²) in [4.78, 5) is 28.3. The Labute approximate surface area is 161 Å². The number of carbonyl (C=O) groups excluding carboxylic acids is 2. The minimum Gasteiger partial charge on any atom is -0.343 e. The summed E-state index contributed by atoms with van der Waals surface area (Å²) in [6.07, 6.45) is 2.69. The number of rotatable bonds is 5. The van der Waals surface area contributed by atoms with E-state index in [1.807, 2.05) is 54.1 Å². The second-order valence-corrected chi connectivity index (χ2v) is 7.21. The molecular weight excluding hydrogens is 336 g/mol. The number of likely N-dealkylation sites (N-methyl/N-ethyl adjacent to an activating group) is 1. The van der Waals surface area contributed by atoms with Crippen molar-refractivity contribution in [1.82, 2.24) is 9.80 Å². The molecule has 1 aliphatic rings. The van der Waals surface area contributed by atoms with Crippen LogP contribution in [-0.4, -0.2) is 47.8 Å². The van der Waals surface area contributed by atoms with E-state index in [2.05, 4.69) is 24.3 Å². The Balaban J connectivity index is 1.55. The van der Waals surface area contributed by atoms with Crippen molar-refractivity contribution in [2.75, 3.05) is 20.1 Å². The van der Waals surface area contributed by atoms with E-state index >= 15 is 0 Å². The van der Waals surface area contributed by atoms with Gasteiger partial charge in [-0.3, -0.25) is 9.59 Å². The van der Waals surface area contributed by atoms with Crippen LogP contribution in [0.5, 0.6) is 0 Å². The minimum absolute atomic E-state index is 0.141. The molecule has 0 spiro atoms. The van der Waals surface area contributed by atoms with Crippen molar-refractivity contribution in [2.45, 2.75) is 38.6 Å². The van der Waals surface area contributed by atoms with Gasteiger partial charge in [0.25, 0.3) is 0 Å². The summed E-state index contributed by atoms with van der Waals surface area (Å²) < 4.78 is 0. The first-order valence-electron chi connectivity index (χ1n) is 9.76. The average Bonchev–Trinajstić information content (AvgIpc) is 2.74. The van der Waals surface area contributed by atoms with Crippen molar-refractivity contribution < 1.29 is 9.59 Å². The third kappa shape index (κ3) is 4.76. The fourth-order valence-electron chi connectivity index (χ4n) is 3.67. The van der Waals surface area contributed by atoms with E-state index in [4.69, 9.17) is 0 Å².